The van der Waals surface area contributed by atoms with Crippen LogP contribution in [0.3, 0.4) is 0 Å². The number of hydrogen-bond donors (Lipinski definition) is 2. The van der Waals surface area contributed by atoms with E-state index in [1.54, 1.807) is 11.3 Å². The second-order valence-electron chi connectivity index (χ2n) is 8.41. The number of hydrogen-bond acceptors (Lipinski definition) is 5. The first-order valence-electron chi connectivity index (χ1n) is 10.1. The summed E-state index contributed by atoms with van der Waals surface area (Å²) in [5, 5.41) is 10.1. The standard InChI is InChI=1S/C20H37N5OS/c1-7-21-19(23-13-18-24-17(14-27-18)20(4,5)6)22-12-16(15(2)3)25-8-10-26-11-9-25/h14-16H,7-13H2,1-6H3,(H2,21,22,23). The summed E-state index contributed by atoms with van der Waals surface area (Å²) in [7, 11) is 0. The van der Waals surface area contributed by atoms with Gasteiger partial charge in [-0.15, -0.1) is 11.3 Å². The van der Waals surface area contributed by atoms with Gasteiger partial charge >= 0.3 is 0 Å². The first-order valence-corrected chi connectivity index (χ1v) is 11.0. The van der Waals surface area contributed by atoms with Crippen molar-refractivity contribution in [1.29, 1.82) is 0 Å². The zero-order chi connectivity index (χ0) is 19.9. The van der Waals surface area contributed by atoms with Crippen LogP contribution in [-0.4, -0.2) is 61.3 Å². The Morgan fingerprint density at radius 2 is 2.00 bits per heavy atom. The highest BCUT2D eigenvalue weighted by molar-refractivity contribution is 7.09. The monoisotopic (exact) mass is 395 g/mol. The van der Waals surface area contributed by atoms with Crippen LogP contribution >= 0.6 is 11.3 Å². The third kappa shape index (κ3) is 7.05. The summed E-state index contributed by atoms with van der Waals surface area (Å²) in [6.45, 7) is 19.3. The van der Waals surface area contributed by atoms with E-state index in [0.717, 1.165) is 56.1 Å². The molecule has 2 N–H and O–H groups in total. The Kier molecular flexibility index (Phi) is 8.51. The minimum atomic E-state index is 0.0872. The third-order valence-corrected chi connectivity index (χ3v) is 5.63. The highest BCUT2D eigenvalue weighted by Crippen LogP contribution is 2.24. The van der Waals surface area contributed by atoms with E-state index in [0.29, 0.717) is 18.5 Å². The van der Waals surface area contributed by atoms with Crippen LogP contribution in [0.5, 0.6) is 0 Å². The molecule has 2 rings (SSSR count). The number of rotatable bonds is 7. The molecule has 0 radical (unpaired) electrons. The van der Waals surface area contributed by atoms with Crippen molar-refractivity contribution >= 4 is 17.3 Å². The van der Waals surface area contributed by atoms with E-state index in [1.807, 2.05) is 0 Å². The number of guanidine groups is 1. The van der Waals surface area contributed by atoms with Crippen LogP contribution in [0.1, 0.15) is 52.2 Å². The number of ether oxygens (including phenoxy) is 1. The minimum Gasteiger partial charge on any atom is -0.379 e. The molecule has 2 heterocycles. The molecule has 1 saturated heterocycles. The van der Waals surface area contributed by atoms with Gasteiger partial charge in [-0.25, -0.2) is 9.98 Å². The van der Waals surface area contributed by atoms with Crippen LogP contribution < -0.4 is 10.6 Å². The smallest absolute Gasteiger partial charge is 0.191 e. The average Bonchev–Trinajstić information content (AvgIpc) is 3.10. The summed E-state index contributed by atoms with van der Waals surface area (Å²) in [5.74, 6) is 1.44. The summed E-state index contributed by atoms with van der Waals surface area (Å²) in [4.78, 5) is 12.0. The molecule has 7 heteroatoms. The number of nitrogens with zero attached hydrogens (tertiary/aromatic N) is 3. The number of aliphatic imine (C=N–C) groups is 1. The van der Waals surface area contributed by atoms with Crippen LogP contribution in [0.2, 0.25) is 0 Å². The molecule has 0 aromatic carbocycles. The zero-order valence-corrected chi connectivity index (χ0v) is 18.7. The van der Waals surface area contributed by atoms with Crippen molar-refractivity contribution in [3.8, 4) is 0 Å². The van der Waals surface area contributed by atoms with Gasteiger partial charge in [-0.3, -0.25) is 4.90 Å². The van der Waals surface area contributed by atoms with Crippen LogP contribution in [0.25, 0.3) is 0 Å². The molecule has 0 amide bonds. The minimum absolute atomic E-state index is 0.0872. The number of nitrogens with one attached hydrogen (secondary N) is 2. The molecular weight excluding hydrogens is 358 g/mol. The molecule has 27 heavy (non-hydrogen) atoms. The Morgan fingerprint density at radius 1 is 1.30 bits per heavy atom. The molecule has 1 aromatic heterocycles. The molecular formula is C20H37N5OS. The molecule has 154 valence electrons. The van der Waals surface area contributed by atoms with Gasteiger partial charge in [0.2, 0.25) is 0 Å². The molecule has 1 atom stereocenters. The van der Waals surface area contributed by atoms with Gasteiger partial charge in [-0.1, -0.05) is 34.6 Å². The molecule has 6 nitrogen and oxygen atoms in total. The van der Waals surface area contributed by atoms with Gasteiger partial charge < -0.3 is 15.4 Å². The van der Waals surface area contributed by atoms with Gasteiger partial charge in [0.05, 0.1) is 25.5 Å². The predicted molar refractivity (Wildman–Crippen MR) is 115 cm³/mol. The van der Waals surface area contributed by atoms with E-state index >= 15 is 0 Å². The SMILES string of the molecule is CCNC(=NCc1nc(C(C)(C)C)cs1)NCC(C(C)C)N1CCOCC1. The lowest BCUT2D eigenvalue weighted by Crippen LogP contribution is -2.52. The van der Waals surface area contributed by atoms with E-state index in [9.17, 15) is 0 Å². The van der Waals surface area contributed by atoms with E-state index in [-0.39, 0.29) is 5.41 Å². The largest absolute Gasteiger partial charge is 0.379 e. The fraction of sp³-hybridized carbons (Fsp3) is 0.800. The van der Waals surface area contributed by atoms with Crippen molar-refractivity contribution < 1.29 is 4.74 Å². The summed E-state index contributed by atoms with van der Waals surface area (Å²) in [5.41, 5.74) is 1.23. The van der Waals surface area contributed by atoms with Crippen molar-refractivity contribution in [3.05, 3.63) is 16.1 Å². The predicted octanol–water partition coefficient (Wildman–Crippen LogP) is 2.85. The van der Waals surface area contributed by atoms with E-state index in [2.05, 4.69) is 62.5 Å². The molecule has 0 bridgehead atoms. The molecule has 1 aromatic rings. The van der Waals surface area contributed by atoms with Crippen LogP contribution in [-0.2, 0) is 16.7 Å². The summed E-state index contributed by atoms with van der Waals surface area (Å²) in [6, 6.07) is 0.477. The number of morpholine rings is 1. The average molecular weight is 396 g/mol. The van der Waals surface area contributed by atoms with Crippen molar-refractivity contribution in [2.45, 2.75) is 59.5 Å². The summed E-state index contributed by atoms with van der Waals surface area (Å²) < 4.78 is 5.50. The summed E-state index contributed by atoms with van der Waals surface area (Å²) in [6.07, 6.45) is 0. The number of aromatic nitrogens is 1. The van der Waals surface area contributed by atoms with Crippen molar-refractivity contribution in [2.75, 3.05) is 39.4 Å². The van der Waals surface area contributed by atoms with E-state index in [1.165, 1.54) is 0 Å². The van der Waals surface area contributed by atoms with Crippen LogP contribution in [0.4, 0.5) is 0 Å². The van der Waals surface area contributed by atoms with Gasteiger partial charge in [0, 0.05) is 43.0 Å². The topological polar surface area (TPSA) is 61.8 Å². The van der Waals surface area contributed by atoms with Crippen molar-refractivity contribution in [2.24, 2.45) is 10.9 Å². The zero-order valence-electron chi connectivity index (χ0n) is 17.8. The Hall–Kier alpha value is -1.18. The first kappa shape index (κ1) is 22.1. The molecule has 0 aliphatic carbocycles. The number of thiazole rings is 1. The quantitative estimate of drug-likeness (QED) is 0.549. The maximum atomic E-state index is 5.50. The highest BCUT2D eigenvalue weighted by Gasteiger charge is 2.24. The Morgan fingerprint density at radius 3 is 2.56 bits per heavy atom. The second kappa shape index (κ2) is 10.4. The normalized spacial score (nSPS) is 18.0. The van der Waals surface area contributed by atoms with Gasteiger partial charge in [-0.05, 0) is 12.8 Å². The molecule has 0 spiro atoms. The van der Waals surface area contributed by atoms with Crippen molar-refractivity contribution in [3.63, 3.8) is 0 Å². The molecule has 1 fully saturated rings. The van der Waals surface area contributed by atoms with E-state index in [4.69, 9.17) is 14.7 Å². The lowest BCUT2D eigenvalue weighted by molar-refractivity contribution is 0.00752. The highest BCUT2D eigenvalue weighted by atomic mass is 32.1. The second-order valence-corrected chi connectivity index (χ2v) is 9.35. The Balaban J connectivity index is 1.96. The maximum absolute atomic E-state index is 5.50. The first-order chi connectivity index (χ1) is 12.8. The molecule has 1 aliphatic rings. The summed E-state index contributed by atoms with van der Waals surface area (Å²) >= 11 is 1.69. The van der Waals surface area contributed by atoms with Gasteiger partial charge in [0.1, 0.15) is 5.01 Å². The fourth-order valence-electron chi connectivity index (χ4n) is 3.11. The van der Waals surface area contributed by atoms with Gasteiger partial charge in [0.15, 0.2) is 5.96 Å². The van der Waals surface area contributed by atoms with Gasteiger partial charge in [0.25, 0.3) is 0 Å². The molecule has 1 aliphatic heterocycles. The lowest BCUT2D eigenvalue weighted by Gasteiger charge is -2.37. The third-order valence-electron chi connectivity index (χ3n) is 4.80. The van der Waals surface area contributed by atoms with Crippen LogP contribution in [0, 0.1) is 5.92 Å². The van der Waals surface area contributed by atoms with Gasteiger partial charge in [-0.2, -0.15) is 0 Å². The Labute approximate surface area is 168 Å². The molecule has 1 unspecified atom stereocenters. The van der Waals surface area contributed by atoms with Crippen LogP contribution in [0.15, 0.2) is 10.4 Å². The Bertz CT molecular complexity index is 587. The van der Waals surface area contributed by atoms with E-state index < -0.39 is 0 Å². The van der Waals surface area contributed by atoms with Crippen molar-refractivity contribution in [1.82, 2.24) is 20.5 Å². The molecule has 0 saturated carbocycles. The maximum Gasteiger partial charge on any atom is 0.191 e. The fourth-order valence-corrected chi connectivity index (χ4v) is 4.06. The lowest BCUT2D eigenvalue weighted by atomic mass is 9.93.